The number of nitrogen functional groups attached to an aromatic ring is 1. The van der Waals surface area contributed by atoms with Crippen molar-refractivity contribution in [1.82, 2.24) is 0 Å². The van der Waals surface area contributed by atoms with Gasteiger partial charge in [-0.1, -0.05) is 0 Å². The Morgan fingerprint density at radius 1 is 1.38 bits per heavy atom. The summed E-state index contributed by atoms with van der Waals surface area (Å²) in [5.74, 6) is 0. The molecule has 1 rings (SSSR count). The zero-order valence-electron chi connectivity index (χ0n) is 8.25. The fourth-order valence-corrected chi connectivity index (χ4v) is 1.42. The van der Waals surface area contributed by atoms with Crippen molar-refractivity contribution in [3.8, 4) is 0 Å². The van der Waals surface area contributed by atoms with Crippen LogP contribution in [0.1, 0.15) is 5.56 Å². The second-order valence-corrected chi connectivity index (χ2v) is 3.26. The summed E-state index contributed by atoms with van der Waals surface area (Å²) in [5, 5.41) is 0. The number of anilines is 2. The van der Waals surface area contributed by atoms with Crippen LogP contribution in [0.15, 0.2) is 18.2 Å². The van der Waals surface area contributed by atoms with Crippen LogP contribution in [-0.2, 0) is 0 Å². The minimum absolute atomic E-state index is 0.667. The lowest BCUT2D eigenvalue weighted by Crippen LogP contribution is -2.25. The van der Waals surface area contributed by atoms with E-state index in [1.165, 1.54) is 11.3 Å². The maximum Gasteiger partial charge on any atom is 0.0395 e. The number of hydrogen-bond acceptors (Lipinski definition) is 3. The summed E-state index contributed by atoms with van der Waals surface area (Å²) in [4.78, 5) is 2.13. The molecule has 1 aromatic rings. The van der Waals surface area contributed by atoms with Gasteiger partial charge in [0.25, 0.3) is 0 Å². The molecule has 0 radical (unpaired) electrons. The molecule has 4 N–H and O–H groups in total. The van der Waals surface area contributed by atoms with Crippen molar-refractivity contribution >= 4 is 11.4 Å². The highest BCUT2D eigenvalue weighted by molar-refractivity contribution is 5.58. The molecule has 1 aromatic carbocycles. The van der Waals surface area contributed by atoms with E-state index in [-0.39, 0.29) is 0 Å². The van der Waals surface area contributed by atoms with Crippen molar-refractivity contribution < 1.29 is 0 Å². The number of hydrogen-bond donors (Lipinski definition) is 2. The quantitative estimate of drug-likeness (QED) is 0.680. The van der Waals surface area contributed by atoms with Gasteiger partial charge in [-0.2, -0.15) is 0 Å². The molecule has 13 heavy (non-hydrogen) atoms. The lowest BCUT2D eigenvalue weighted by Gasteiger charge is -2.20. The van der Waals surface area contributed by atoms with Crippen LogP contribution in [0.3, 0.4) is 0 Å². The van der Waals surface area contributed by atoms with Gasteiger partial charge in [0.15, 0.2) is 0 Å². The Morgan fingerprint density at radius 2 is 2.08 bits per heavy atom. The predicted octanol–water partition coefficient (Wildman–Crippen LogP) is 0.972. The molecule has 0 aliphatic carbocycles. The predicted molar refractivity (Wildman–Crippen MR) is 57.9 cm³/mol. The average molecular weight is 179 g/mol. The van der Waals surface area contributed by atoms with E-state index in [1.807, 2.05) is 25.2 Å². The number of nitrogens with zero attached hydrogens (tertiary/aromatic N) is 1. The molecular weight excluding hydrogens is 162 g/mol. The Labute approximate surface area is 79.3 Å². The van der Waals surface area contributed by atoms with Crippen molar-refractivity contribution in [2.24, 2.45) is 5.73 Å². The lowest BCUT2D eigenvalue weighted by molar-refractivity contribution is 0.882. The summed E-state index contributed by atoms with van der Waals surface area (Å²) < 4.78 is 0. The normalized spacial score (nSPS) is 10.1. The Bertz CT molecular complexity index is 283. The van der Waals surface area contributed by atoms with E-state index >= 15 is 0 Å². The molecule has 0 heterocycles. The van der Waals surface area contributed by atoms with Gasteiger partial charge >= 0.3 is 0 Å². The van der Waals surface area contributed by atoms with Crippen molar-refractivity contribution in [3.63, 3.8) is 0 Å². The topological polar surface area (TPSA) is 55.3 Å². The Morgan fingerprint density at radius 3 is 2.62 bits per heavy atom. The summed E-state index contributed by atoms with van der Waals surface area (Å²) in [6.07, 6.45) is 0. The molecule has 0 bridgehead atoms. The zero-order valence-corrected chi connectivity index (χ0v) is 8.25. The van der Waals surface area contributed by atoms with Crippen LogP contribution < -0.4 is 16.4 Å². The summed E-state index contributed by atoms with van der Waals surface area (Å²) in [5.41, 5.74) is 14.3. The van der Waals surface area contributed by atoms with Crippen molar-refractivity contribution in [1.29, 1.82) is 0 Å². The number of rotatable bonds is 3. The van der Waals surface area contributed by atoms with Crippen molar-refractivity contribution in [2.75, 3.05) is 30.8 Å². The molecule has 0 fully saturated rings. The van der Waals surface area contributed by atoms with Crippen LogP contribution in [0, 0.1) is 6.92 Å². The van der Waals surface area contributed by atoms with Gasteiger partial charge in [-0.05, 0) is 30.7 Å². The fourth-order valence-electron chi connectivity index (χ4n) is 1.42. The first kappa shape index (κ1) is 9.86. The van der Waals surface area contributed by atoms with Gasteiger partial charge in [0.05, 0.1) is 0 Å². The van der Waals surface area contributed by atoms with Gasteiger partial charge in [0.2, 0.25) is 0 Å². The Balaban J connectivity index is 2.88. The number of likely N-dealkylation sites (N-methyl/N-ethyl adjacent to an activating group) is 1. The van der Waals surface area contributed by atoms with Crippen LogP contribution in [0.2, 0.25) is 0 Å². The second-order valence-electron chi connectivity index (χ2n) is 3.26. The van der Waals surface area contributed by atoms with E-state index in [1.54, 1.807) is 0 Å². The van der Waals surface area contributed by atoms with Crippen molar-refractivity contribution in [2.45, 2.75) is 6.92 Å². The van der Waals surface area contributed by atoms with Crippen LogP contribution in [0.4, 0.5) is 11.4 Å². The van der Waals surface area contributed by atoms with Crippen LogP contribution >= 0.6 is 0 Å². The standard InChI is InChI=1S/C10H17N3/c1-8-7-9(12)3-4-10(8)13(2)6-5-11/h3-4,7H,5-6,11-12H2,1-2H3. The first-order chi connectivity index (χ1) is 6.15. The average Bonchev–Trinajstić information content (AvgIpc) is 2.04. The van der Waals surface area contributed by atoms with E-state index in [9.17, 15) is 0 Å². The molecule has 0 aromatic heterocycles. The Kier molecular flexibility index (Phi) is 3.14. The maximum absolute atomic E-state index is 5.66. The number of nitrogens with two attached hydrogens (primary N) is 2. The molecule has 0 atom stereocenters. The molecule has 0 aliphatic heterocycles. The molecule has 0 saturated heterocycles. The first-order valence-corrected chi connectivity index (χ1v) is 4.42. The number of benzene rings is 1. The molecular formula is C10H17N3. The van der Waals surface area contributed by atoms with Gasteiger partial charge < -0.3 is 16.4 Å². The molecule has 3 heteroatoms. The third-order valence-corrected chi connectivity index (χ3v) is 2.10. The van der Waals surface area contributed by atoms with Crippen LogP contribution in [-0.4, -0.2) is 20.1 Å². The second kappa shape index (κ2) is 4.14. The van der Waals surface area contributed by atoms with E-state index in [0.29, 0.717) is 6.54 Å². The monoisotopic (exact) mass is 179 g/mol. The molecule has 0 spiro atoms. The van der Waals surface area contributed by atoms with Gasteiger partial charge in [-0.3, -0.25) is 0 Å². The summed E-state index contributed by atoms with van der Waals surface area (Å²) in [6.45, 7) is 3.59. The maximum atomic E-state index is 5.66. The summed E-state index contributed by atoms with van der Waals surface area (Å²) >= 11 is 0. The lowest BCUT2D eigenvalue weighted by atomic mass is 10.1. The van der Waals surface area contributed by atoms with E-state index in [0.717, 1.165) is 12.2 Å². The minimum atomic E-state index is 0.667. The molecule has 0 unspecified atom stereocenters. The third kappa shape index (κ3) is 2.36. The molecule has 72 valence electrons. The van der Waals surface area contributed by atoms with Gasteiger partial charge in [-0.25, -0.2) is 0 Å². The molecule has 0 amide bonds. The minimum Gasteiger partial charge on any atom is -0.399 e. The van der Waals surface area contributed by atoms with E-state index in [2.05, 4.69) is 11.8 Å². The smallest absolute Gasteiger partial charge is 0.0395 e. The summed E-state index contributed by atoms with van der Waals surface area (Å²) in [6, 6.07) is 5.91. The largest absolute Gasteiger partial charge is 0.399 e. The third-order valence-electron chi connectivity index (χ3n) is 2.10. The first-order valence-electron chi connectivity index (χ1n) is 4.42. The summed E-state index contributed by atoms with van der Waals surface area (Å²) in [7, 11) is 2.03. The van der Waals surface area contributed by atoms with Gasteiger partial charge in [0.1, 0.15) is 0 Å². The SMILES string of the molecule is Cc1cc(N)ccc1N(C)CCN. The van der Waals surface area contributed by atoms with E-state index < -0.39 is 0 Å². The Hall–Kier alpha value is -1.22. The highest BCUT2D eigenvalue weighted by atomic mass is 15.1. The molecule has 0 aliphatic rings. The van der Waals surface area contributed by atoms with Crippen LogP contribution in [0.25, 0.3) is 0 Å². The fraction of sp³-hybridized carbons (Fsp3) is 0.400. The van der Waals surface area contributed by atoms with E-state index in [4.69, 9.17) is 11.5 Å². The molecule has 3 nitrogen and oxygen atoms in total. The van der Waals surface area contributed by atoms with Gasteiger partial charge in [-0.15, -0.1) is 0 Å². The van der Waals surface area contributed by atoms with Crippen LogP contribution in [0.5, 0.6) is 0 Å². The number of aryl methyl sites for hydroxylation is 1. The zero-order chi connectivity index (χ0) is 9.84. The van der Waals surface area contributed by atoms with Crippen molar-refractivity contribution in [3.05, 3.63) is 23.8 Å². The molecule has 0 saturated carbocycles. The van der Waals surface area contributed by atoms with Gasteiger partial charge in [0, 0.05) is 31.5 Å². The highest BCUT2D eigenvalue weighted by Crippen LogP contribution is 2.20. The highest BCUT2D eigenvalue weighted by Gasteiger charge is 2.02.